The van der Waals surface area contributed by atoms with E-state index < -0.39 is 33.8 Å². The van der Waals surface area contributed by atoms with Crippen LogP contribution >= 0.6 is 0 Å². The molecule has 0 saturated heterocycles. The van der Waals surface area contributed by atoms with E-state index in [2.05, 4.69) is 76.1 Å². The quantitative estimate of drug-likeness (QED) is 0.282. The molecule has 0 aromatic rings. The third-order valence-electron chi connectivity index (χ3n) is 3.96. The van der Waals surface area contributed by atoms with Crippen LogP contribution in [-0.4, -0.2) is 83.1 Å². The molecular formula is C18H48N2O4Si4. The van der Waals surface area contributed by atoms with Crippen LogP contribution in [0.3, 0.4) is 0 Å². The first-order chi connectivity index (χ1) is 12.5. The van der Waals surface area contributed by atoms with Gasteiger partial charge in [0.05, 0.1) is 6.10 Å². The van der Waals surface area contributed by atoms with Crippen molar-refractivity contribution in [1.82, 2.24) is 10.2 Å². The average molecular weight is 469 g/mol. The van der Waals surface area contributed by atoms with Crippen molar-refractivity contribution in [2.24, 2.45) is 0 Å². The smallest absolute Gasteiger partial charge is 0.315 e. The minimum Gasteiger partial charge on any atom is -0.437 e. The van der Waals surface area contributed by atoms with Crippen molar-refractivity contribution in [2.45, 2.75) is 84.4 Å². The van der Waals surface area contributed by atoms with Gasteiger partial charge in [0, 0.05) is 13.1 Å². The van der Waals surface area contributed by atoms with Gasteiger partial charge in [-0.25, -0.2) is 0 Å². The Hall–Kier alpha value is 0.628. The highest BCUT2D eigenvalue weighted by atomic mass is 28.5. The normalized spacial score (nSPS) is 17.0. The Morgan fingerprint density at radius 3 is 1.89 bits per heavy atom. The van der Waals surface area contributed by atoms with Crippen molar-refractivity contribution in [1.29, 1.82) is 0 Å². The van der Waals surface area contributed by atoms with Gasteiger partial charge in [0.15, 0.2) is 16.6 Å². The molecular weight excluding hydrogens is 421 g/mol. The summed E-state index contributed by atoms with van der Waals surface area (Å²) in [6.07, 6.45) is 0.653. The lowest BCUT2D eigenvalue weighted by Crippen LogP contribution is -2.56. The SMILES string of the molecule is CCN(C)CC(O)CNCCC[Si](C)(O[Si](C)(C)C)O[Si](C)(C)O[Si](C)(C)C. The number of nitrogens with zero attached hydrogens (tertiary/aromatic N) is 1. The number of likely N-dealkylation sites (N-methyl/N-ethyl adjacent to an activating group) is 1. The van der Waals surface area contributed by atoms with E-state index in [0.29, 0.717) is 13.1 Å². The van der Waals surface area contributed by atoms with Crippen LogP contribution in [0, 0.1) is 0 Å². The highest BCUT2D eigenvalue weighted by Gasteiger charge is 2.44. The van der Waals surface area contributed by atoms with Gasteiger partial charge < -0.3 is 27.7 Å². The van der Waals surface area contributed by atoms with Crippen LogP contribution in [0.4, 0.5) is 0 Å². The monoisotopic (exact) mass is 468 g/mol. The molecule has 2 N–H and O–H groups in total. The first-order valence-corrected chi connectivity index (χ1v) is 22.8. The van der Waals surface area contributed by atoms with Crippen LogP contribution < -0.4 is 5.32 Å². The molecule has 0 fully saturated rings. The molecule has 0 radical (unpaired) electrons. The van der Waals surface area contributed by atoms with Gasteiger partial charge in [-0.3, -0.25) is 0 Å². The van der Waals surface area contributed by atoms with Gasteiger partial charge in [0.25, 0.3) is 0 Å². The van der Waals surface area contributed by atoms with Crippen LogP contribution in [0.5, 0.6) is 0 Å². The molecule has 0 saturated carbocycles. The molecule has 0 aromatic heterocycles. The van der Waals surface area contributed by atoms with Crippen molar-refractivity contribution in [2.75, 3.05) is 33.2 Å². The molecule has 0 bridgehead atoms. The Morgan fingerprint density at radius 2 is 1.43 bits per heavy atom. The number of hydrogen-bond acceptors (Lipinski definition) is 6. The summed E-state index contributed by atoms with van der Waals surface area (Å²) in [5, 5.41) is 13.5. The molecule has 0 amide bonds. The van der Waals surface area contributed by atoms with Crippen molar-refractivity contribution >= 4 is 33.8 Å². The van der Waals surface area contributed by atoms with E-state index in [9.17, 15) is 5.11 Å². The third-order valence-corrected chi connectivity index (χ3v) is 17.5. The van der Waals surface area contributed by atoms with Crippen LogP contribution in [0.15, 0.2) is 0 Å². The van der Waals surface area contributed by atoms with Crippen LogP contribution in [0.25, 0.3) is 0 Å². The van der Waals surface area contributed by atoms with Crippen molar-refractivity contribution in [3.05, 3.63) is 0 Å². The van der Waals surface area contributed by atoms with E-state index in [0.717, 1.165) is 25.6 Å². The molecule has 170 valence electrons. The predicted molar refractivity (Wildman–Crippen MR) is 131 cm³/mol. The molecule has 0 aromatic carbocycles. The first kappa shape index (κ1) is 28.6. The van der Waals surface area contributed by atoms with Gasteiger partial charge in [-0.2, -0.15) is 0 Å². The maximum Gasteiger partial charge on any atom is 0.315 e. The number of hydrogen-bond donors (Lipinski definition) is 2. The summed E-state index contributed by atoms with van der Waals surface area (Å²) in [7, 11) is -5.89. The van der Waals surface area contributed by atoms with E-state index in [-0.39, 0.29) is 6.10 Å². The molecule has 10 heteroatoms. The lowest BCUT2D eigenvalue weighted by atomic mass is 10.3. The molecule has 6 nitrogen and oxygen atoms in total. The van der Waals surface area contributed by atoms with Gasteiger partial charge in [0.1, 0.15) is 0 Å². The van der Waals surface area contributed by atoms with E-state index in [1.165, 1.54) is 0 Å². The zero-order valence-corrected chi connectivity index (χ0v) is 24.4. The van der Waals surface area contributed by atoms with E-state index in [1.807, 2.05) is 7.05 Å². The van der Waals surface area contributed by atoms with Crippen molar-refractivity contribution in [3.63, 3.8) is 0 Å². The van der Waals surface area contributed by atoms with E-state index >= 15 is 0 Å². The Balaban J connectivity index is 4.68. The van der Waals surface area contributed by atoms with Gasteiger partial charge >= 0.3 is 17.1 Å². The van der Waals surface area contributed by atoms with E-state index in [4.69, 9.17) is 12.3 Å². The topological polar surface area (TPSA) is 63.2 Å². The molecule has 0 rings (SSSR count). The number of aliphatic hydroxyl groups excluding tert-OH is 1. The second kappa shape index (κ2) is 11.9. The number of rotatable bonds is 15. The summed E-state index contributed by atoms with van der Waals surface area (Å²) >= 11 is 0. The van der Waals surface area contributed by atoms with Crippen LogP contribution in [0.1, 0.15) is 13.3 Å². The summed E-state index contributed by atoms with van der Waals surface area (Å²) in [5.74, 6) is 0. The fraction of sp³-hybridized carbons (Fsp3) is 1.00. The largest absolute Gasteiger partial charge is 0.437 e. The predicted octanol–water partition coefficient (Wildman–Crippen LogP) is 3.77. The van der Waals surface area contributed by atoms with Crippen molar-refractivity contribution in [3.8, 4) is 0 Å². The molecule has 0 aliphatic carbocycles. The number of nitrogens with one attached hydrogen (secondary N) is 1. The Labute approximate surface area is 179 Å². The standard InChI is InChI=1S/C18H48N2O4Si4/c1-12-20(2)17-18(21)16-19-14-13-15-28(11,23-26(6,7)8)24-27(9,10)22-25(3,4)5/h18-19,21H,12-17H2,1-11H3. The lowest BCUT2D eigenvalue weighted by molar-refractivity contribution is 0.127. The highest BCUT2D eigenvalue weighted by molar-refractivity contribution is 6.89. The van der Waals surface area contributed by atoms with Crippen molar-refractivity contribution < 1.29 is 17.5 Å². The summed E-state index contributed by atoms with van der Waals surface area (Å²) in [4.78, 5) is 2.12. The zero-order valence-electron chi connectivity index (χ0n) is 20.4. The maximum absolute atomic E-state index is 10.1. The summed E-state index contributed by atoms with van der Waals surface area (Å²) in [6.45, 7) is 25.1. The lowest BCUT2D eigenvalue weighted by Gasteiger charge is -2.41. The molecule has 2 unspecified atom stereocenters. The molecule has 0 heterocycles. The Bertz CT molecular complexity index is 444. The second-order valence-electron chi connectivity index (χ2n) is 10.4. The maximum atomic E-state index is 10.1. The van der Waals surface area contributed by atoms with Gasteiger partial charge in [-0.1, -0.05) is 6.92 Å². The highest BCUT2D eigenvalue weighted by Crippen LogP contribution is 2.27. The minimum atomic E-state index is -2.32. The van der Waals surface area contributed by atoms with Gasteiger partial charge in [0.2, 0.25) is 0 Å². The summed E-state index contributed by atoms with van der Waals surface area (Å²) < 4.78 is 19.7. The molecule has 0 spiro atoms. The Morgan fingerprint density at radius 1 is 0.893 bits per heavy atom. The van der Waals surface area contributed by atoms with Crippen LogP contribution in [-0.2, 0) is 12.3 Å². The minimum absolute atomic E-state index is 0.334. The zero-order chi connectivity index (χ0) is 22.2. The second-order valence-corrected chi connectivity index (χ2v) is 26.8. The van der Waals surface area contributed by atoms with Gasteiger partial charge in [-0.15, -0.1) is 0 Å². The molecule has 0 aliphatic heterocycles. The number of aliphatic hydroxyl groups is 1. The van der Waals surface area contributed by atoms with Crippen LogP contribution in [0.2, 0.25) is 65.0 Å². The molecule has 2 atom stereocenters. The van der Waals surface area contributed by atoms with E-state index in [1.54, 1.807) is 0 Å². The summed E-state index contributed by atoms with van der Waals surface area (Å²) in [6, 6.07) is 0.945. The molecule has 28 heavy (non-hydrogen) atoms. The fourth-order valence-electron chi connectivity index (χ4n) is 3.41. The fourth-order valence-corrected chi connectivity index (χ4v) is 21.4. The third kappa shape index (κ3) is 15.5. The Kier molecular flexibility index (Phi) is 12.1. The molecule has 0 aliphatic rings. The summed E-state index contributed by atoms with van der Waals surface area (Å²) in [5.41, 5.74) is 0. The first-order valence-electron chi connectivity index (χ1n) is 10.6. The van der Waals surface area contributed by atoms with Gasteiger partial charge in [-0.05, 0) is 91.5 Å². The average Bonchev–Trinajstić information content (AvgIpc) is 2.40.